The Morgan fingerprint density at radius 2 is 2.12 bits per heavy atom. The number of nitrogens with zero attached hydrogens (tertiary/aromatic N) is 4. The number of halogens is 4. The molecule has 138 valence electrons. The molecule has 0 saturated heterocycles. The van der Waals surface area contributed by atoms with Crippen LogP contribution in [0, 0.1) is 5.82 Å². The Morgan fingerprint density at radius 1 is 1.31 bits per heavy atom. The van der Waals surface area contributed by atoms with Gasteiger partial charge in [-0.05, 0) is 19.1 Å². The third kappa shape index (κ3) is 4.45. The van der Waals surface area contributed by atoms with E-state index in [0.29, 0.717) is 5.56 Å². The van der Waals surface area contributed by atoms with Gasteiger partial charge in [-0.3, -0.25) is 5.32 Å². The van der Waals surface area contributed by atoms with Crippen LogP contribution in [-0.4, -0.2) is 25.9 Å². The van der Waals surface area contributed by atoms with Crippen LogP contribution in [0.3, 0.4) is 0 Å². The van der Waals surface area contributed by atoms with Crippen LogP contribution in [-0.2, 0) is 13.1 Å². The molecule has 0 aliphatic carbocycles. The van der Waals surface area contributed by atoms with Gasteiger partial charge in [-0.1, -0.05) is 17.3 Å². The lowest BCUT2D eigenvalue weighted by Crippen LogP contribution is -2.24. The molecule has 2 heterocycles. The maximum absolute atomic E-state index is 13.3. The Bertz CT molecular complexity index is 873. The molecule has 0 radical (unpaired) electrons. The molecule has 0 amide bonds. The first-order valence-electron chi connectivity index (χ1n) is 7.71. The van der Waals surface area contributed by atoms with E-state index in [-0.39, 0.29) is 24.1 Å². The first-order chi connectivity index (χ1) is 12.3. The van der Waals surface area contributed by atoms with E-state index in [1.54, 1.807) is 13.0 Å². The summed E-state index contributed by atoms with van der Waals surface area (Å²) in [6.07, 6.45) is -1.75. The summed E-state index contributed by atoms with van der Waals surface area (Å²) in [6, 6.07) is 5.33. The zero-order chi connectivity index (χ0) is 18.7. The molecule has 0 fully saturated rings. The van der Waals surface area contributed by atoms with Gasteiger partial charge >= 0.3 is 6.18 Å². The number of hydrogen-bond acceptors (Lipinski definition) is 5. The van der Waals surface area contributed by atoms with Gasteiger partial charge < -0.3 is 9.09 Å². The Labute approximate surface area is 145 Å². The molecule has 0 aliphatic rings. The fraction of sp³-hybridized carbons (Fsp3) is 0.312. The van der Waals surface area contributed by atoms with Crippen LogP contribution >= 0.6 is 0 Å². The summed E-state index contributed by atoms with van der Waals surface area (Å²) in [6.45, 7) is 0.699. The van der Waals surface area contributed by atoms with E-state index in [1.165, 1.54) is 30.6 Å². The molecule has 0 aliphatic heterocycles. The average Bonchev–Trinajstić information content (AvgIpc) is 3.20. The van der Waals surface area contributed by atoms with Crippen molar-refractivity contribution in [1.29, 1.82) is 0 Å². The largest absolute Gasteiger partial charge is 0.406 e. The second-order valence-electron chi connectivity index (χ2n) is 5.66. The number of rotatable bonds is 6. The Kier molecular flexibility index (Phi) is 5.03. The second-order valence-corrected chi connectivity index (χ2v) is 5.66. The molecule has 26 heavy (non-hydrogen) atoms. The highest BCUT2D eigenvalue weighted by atomic mass is 19.4. The van der Waals surface area contributed by atoms with Crippen LogP contribution in [0.1, 0.15) is 24.7 Å². The smallest absolute Gasteiger partial charge is 0.337 e. The zero-order valence-corrected chi connectivity index (χ0v) is 13.7. The molecule has 10 heteroatoms. The van der Waals surface area contributed by atoms with Crippen LogP contribution in [0.2, 0.25) is 0 Å². The van der Waals surface area contributed by atoms with Gasteiger partial charge in [0.15, 0.2) is 0 Å². The van der Waals surface area contributed by atoms with Gasteiger partial charge in [0, 0.05) is 18.0 Å². The number of aromatic nitrogens is 4. The molecular formula is C16H15F4N5O. The lowest BCUT2D eigenvalue weighted by Gasteiger charge is -2.13. The van der Waals surface area contributed by atoms with Crippen molar-refractivity contribution in [3.8, 4) is 11.4 Å². The highest BCUT2D eigenvalue weighted by Gasteiger charge is 2.28. The molecule has 1 unspecified atom stereocenters. The van der Waals surface area contributed by atoms with Crippen molar-refractivity contribution in [2.24, 2.45) is 0 Å². The summed E-state index contributed by atoms with van der Waals surface area (Å²) < 4.78 is 57.0. The summed E-state index contributed by atoms with van der Waals surface area (Å²) in [7, 11) is 0. The van der Waals surface area contributed by atoms with Crippen LogP contribution in [0.4, 0.5) is 17.6 Å². The van der Waals surface area contributed by atoms with Crippen molar-refractivity contribution >= 4 is 0 Å². The summed E-state index contributed by atoms with van der Waals surface area (Å²) in [4.78, 5) is 8.11. The predicted molar refractivity (Wildman–Crippen MR) is 83.2 cm³/mol. The molecule has 3 rings (SSSR count). The number of imidazole rings is 1. The van der Waals surface area contributed by atoms with E-state index in [9.17, 15) is 17.6 Å². The molecule has 1 N–H and O–H groups in total. The average molecular weight is 369 g/mol. The molecule has 1 atom stereocenters. The number of nitrogens with one attached hydrogen (secondary N) is 1. The number of benzene rings is 1. The van der Waals surface area contributed by atoms with Crippen molar-refractivity contribution in [3.05, 3.63) is 54.2 Å². The molecular weight excluding hydrogens is 354 g/mol. The highest BCUT2D eigenvalue weighted by molar-refractivity contribution is 5.53. The van der Waals surface area contributed by atoms with Gasteiger partial charge in [-0.2, -0.15) is 18.2 Å². The summed E-state index contributed by atoms with van der Waals surface area (Å²) in [5.74, 6) is 0.278. The van der Waals surface area contributed by atoms with Gasteiger partial charge in [0.1, 0.15) is 18.2 Å². The standard InChI is InChI=1S/C16H15F4N5O/c1-10(22-8-13-21-5-6-25(13)9-16(18,19)20)15-23-14(24-26-15)11-3-2-4-12(17)7-11/h2-7,10,22H,8-9H2,1H3. The van der Waals surface area contributed by atoms with E-state index in [1.807, 2.05) is 0 Å². The Morgan fingerprint density at radius 3 is 2.85 bits per heavy atom. The van der Waals surface area contributed by atoms with Crippen molar-refractivity contribution in [2.45, 2.75) is 32.2 Å². The Balaban J connectivity index is 1.65. The molecule has 0 bridgehead atoms. The maximum atomic E-state index is 13.3. The van der Waals surface area contributed by atoms with E-state index in [0.717, 1.165) is 4.57 Å². The monoisotopic (exact) mass is 369 g/mol. The fourth-order valence-electron chi connectivity index (χ4n) is 2.33. The molecule has 0 spiro atoms. The molecule has 0 saturated carbocycles. The quantitative estimate of drug-likeness (QED) is 0.674. The SMILES string of the molecule is CC(NCc1nccn1CC(F)(F)F)c1nc(-c2cccc(F)c2)no1. The number of alkyl halides is 3. The van der Waals surface area contributed by atoms with Gasteiger partial charge in [-0.25, -0.2) is 9.37 Å². The van der Waals surface area contributed by atoms with Crippen LogP contribution in [0.15, 0.2) is 41.2 Å². The van der Waals surface area contributed by atoms with Crippen molar-refractivity contribution in [1.82, 2.24) is 25.0 Å². The van der Waals surface area contributed by atoms with E-state index < -0.39 is 24.6 Å². The second kappa shape index (κ2) is 7.24. The third-order valence-electron chi connectivity index (χ3n) is 3.61. The lowest BCUT2D eigenvalue weighted by atomic mass is 10.2. The van der Waals surface area contributed by atoms with Crippen LogP contribution in [0.25, 0.3) is 11.4 Å². The predicted octanol–water partition coefficient (Wildman–Crippen LogP) is 3.49. The minimum absolute atomic E-state index is 0.0852. The third-order valence-corrected chi connectivity index (χ3v) is 3.61. The van der Waals surface area contributed by atoms with E-state index in [4.69, 9.17) is 4.52 Å². The summed E-state index contributed by atoms with van der Waals surface area (Å²) in [5, 5.41) is 6.78. The number of hydrogen-bond donors (Lipinski definition) is 1. The van der Waals surface area contributed by atoms with E-state index in [2.05, 4.69) is 20.4 Å². The molecule has 2 aromatic heterocycles. The fourth-order valence-corrected chi connectivity index (χ4v) is 2.33. The van der Waals surface area contributed by atoms with Crippen LogP contribution in [0.5, 0.6) is 0 Å². The first-order valence-corrected chi connectivity index (χ1v) is 7.71. The highest BCUT2D eigenvalue weighted by Crippen LogP contribution is 2.20. The van der Waals surface area contributed by atoms with Crippen molar-refractivity contribution < 1.29 is 22.1 Å². The zero-order valence-electron chi connectivity index (χ0n) is 13.7. The normalized spacial score (nSPS) is 13.1. The van der Waals surface area contributed by atoms with Crippen LogP contribution < -0.4 is 5.32 Å². The topological polar surface area (TPSA) is 68.8 Å². The van der Waals surface area contributed by atoms with Crippen molar-refractivity contribution in [3.63, 3.8) is 0 Å². The van der Waals surface area contributed by atoms with Crippen molar-refractivity contribution in [2.75, 3.05) is 0 Å². The van der Waals surface area contributed by atoms with E-state index >= 15 is 0 Å². The maximum Gasteiger partial charge on any atom is 0.406 e. The van der Waals surface area contributed by atoms with Gasteiger partial charge in [0.25, 0.3) is 0 Å². The molecule has 3 aromatic rings. The summed E-state index contributed by atoms with van der Waals surface area (Å²) in [5.41, 5.74) is 0.466. The Hall–Kier alpha value is -2.75. The summed E-state index contributed by atoms with van der Waals surface area (Å²) >= 11 is 0. The first kappa shape index (κ1) is 18.1. The minimum atomic E-state index is -4.33. The molecule has 6 nitrogen and oxygen atoms in total. The van der Waals surface area contributed by atoms with Gasteiger partial charge in [0.05, 0.1) is 12.6 Å². The lowest BCUT2D eigenvalue weighted by molar-refractivity contribution is -0.141. The molecule has 1 aromatic carbocycles. The minimum Gasteiger partial charge on any atom is -0.337 e. The van der Waals surface area contributed by atoms with Gasteiger partial charge in [0.2, 0.25) is 11.7 Å². The van der Waals surface area contributed by atoms with Gasteiger partial charge in [-0.15, -0.1) is 0 Å².